The number of hydrogen-bond acceptors (Lipinski definition) is 4. The molecule has 1 aromatic heterocycles. The van der Waals surface area contributed by atoms with E-state index in [2.05, 4.69) is 5.32 Å². The maximum Gasteiger partial charge on any atom is 0.328 e. The normalized spacial score (nSPS) is 12.8. The zero-order valence-electron chi connectivity index (χ0n) is 11.2. The van der Waals surface area contributed by atoms with E-state index in [0.717, 1.165) is 11.0 Å². The van der Waals surface area contributed by atoms with E-state index in [1.165, 1.54) is 17.4 Å². The van der Waals surface area contributed by atoms with Crippen molar-refractivity contribution in [1.82, 2.24) is 10.2 Å². The van der Waals surface area contributed by atoms with Crippen LogP contribution in [-0.4, -0.2) is 48.6 Å². The van der Waals surface area contributed by atoms with Gasteiger partial charge in [0.25, 0.3) is 5.91 Å². The van der Waals surface area contributed by atoms with Crippen molar-refractivity contribution in [2.75, 3.05) is 20.6 Å². The highest BCUT2D eigenvalue weighted by Gasteiger charge is 2.10. The highest BCUT2D eigenvalue weighted by Crippen LogP contribution is 2.16. The summed E-state index contributed by atoms with van der Waals surface area (Å²) in [6.07, 6.45) is 2.54. The Kier molecular flexibility index (Phi) is 5.72. The highest BCUT2D eigenvalue weighted by atomic mass is 32.1. The molecule has 1 unspecified atom stereocenters. The Hall–Kier alpha value is -1.66. The number of carboxylic acids is 1. The molecule has 19 heavy (non-hydrogen) atoms. The molecule has 0 saturated carbocycles. The fraction of sp³-hybridized carbons (Fsp3) is 0.385. The van der Waals surface area contributed by atoms with Crippen molar-refractivity contribution in [3.05, 3.63) is 28.0 Å². The average molecular weight is 282 g/mol. The zero-order valence-corrected chi connectivity index (χ0v) is 12.0. The number of likely N-dealkylation sites (N-methyl/N-ethyl adjacent to an activating group) is 1. The summed E-state index contributed by atoms with van der Waals surface area (Å²) in [6.45, 7) is 2.59. The number of nitrogens with one attached hydrogen (secondary N) is 1. The average Bonchev–Trinajstić information content (AvgIpc) is 2.81. The second-order valence-electron chi connectivity index (χ2n) is 4.43. The quantitative estimate of drug-likeness (QED) is 0.776. The van der Waals surface area contributed by atoms with Gasteiger partial charge in [-0.05, 0) is 33.2 Å². The molecule has 0 aliphatic heterocycles. The lowest BCUT2D eigenvalue weighted by molar-refractivity contribution is -0.131. The van der Waals surface area contributed by atoms with Gasteiger partial charge < -0.3 is 15.3 Å². The van der Waals surface area contributed by atoms with Crippen molar-refractivity contribution >= 4 is 29.3 Å². The lowest BCUT2D eigenvalue weighted by Gasteiger charge is -2.19. The fourth-order valence-electron chi connectivity index (χ4n) is 1.24. The zero-order chi connectivity index (χ0) is 14.4. The van der Waals surface area contributed by atoms with Crippen molar-refractivity contribution in [3.63, 3.8) is 0 Å². The molecule has 104 valence electrons. The highest BCUT2D eigenvalue weighted by molar-refractivity contribution is 7.11. The van der Waals surface area contributed by atoms with Crippen molar-refractivity contribution in [2.45, 2.75) is 13.0 Å². The number of aliphatic carboxylic acids is 1. The molecular formula is C13H18N2O3S. The first-order chi connectivity index (χ1) is 8.90. The topological polar surface area (TPSA) is 69.6 Å². The number of rotatable bonds is 6. The summed E-state index contributed by atoms with van der Waals surface area (Å²) < 4.78 is 0. The lowest BCUT2D eigenvalue weighted by atomic mass is 10.2. The summed E-state index contributed by atoms with van der Waals surface area (Å²) >= 11 is 1.34. The third-order valence-corrected chi connectivity index (χ3v) is 3.61. The van der Waals surface area contributed by atoms with Gasteiger partial charge in [-0.15, -0.1) is 11.3 Å². The Morgan fingerprint density at radius 1 is 1.53 bits per heavy atom. The SMILES string of the molecule is CC(CNC(=O)c1csc(C=CC(=O)O)c1)N(C)C. The van der Waals surface area contributed by atoms with Gasteiger partial charge in [-0.2, -0.15) is 0 Å². The molecule has 1 rings (SSSR count). The number of nitrogens with zero attached hydrogens (tertiary/aromatic N) is 1. The maximum atomic E-state index is 11.9. The van der Waals surface area contributed by atoms with Gasteiger partial charge in [-0.25, -0.2) is 4.79 Å². The molecule has 2 N–H and O–H groups in total. The standard InChI is InChI=1S/C13H18N2O3S/c1-9(15(2)3)7-14-13(18)10-6-11(19-8-10)4-5-12(16)17/h4-6,8-9H,7H2,1-3H3,(H,14,18)(H,16,17). The van der Waals surface area contributed by atoms with E-state index >= 15 is 0 Å². The second kappa shape index (κ2) is 7.06. The van der Waals surface area contributed by atoms with E-state index in [-0.39, 0.29) is 11.9 Å². The van der Waals surface area contributed by atoms with E-state index in [4.69, 9.17) is 5.11 Å². The summed E-state index contributed by atoms with van der Waals surface area (Å²) in [4.78, 5) is 25.0. The predicted octanol–water partition coefficient (Wildman–Crippen LogP) is 1.53. The number of carbonyl (C=O) groups is 2. The predicted molar refractivity (Wildman–Crippen MR) is 76.5 cm³/mol. The third-order valence-electron chi connectivity index (χ3n) is 2.71. The molecule has 5 nitrogen and oxygen atoms in total. The largest absolute Gasteiger partial charge is 0.478 e. The van der Waals surface area contributed by atoms with Crippen LogP contribution in [0.2, 0.25) is 0 Å². The Morgan fingerprint density at radius 2 is 2.21 bits per heavy atom. The molecule has 0 bridgehead atoms. The summed E-state index contributed by atoms with van der Waals surface area (Å²) in [7, 11) is 3.91. The molecule has 6 heteroatoms. The van der Waals surface area contributed by atoms with Crippen LogP contribution >= 0.6 is 11.3 Å². The minimum Gasteiger partial charge on any atom is -0.478 e. The maximum absolute atomic E-state index is 11.9. The molecule has 1 amide bonds. The Morgan fingerprint density at radius 3 is 2.79 bits per heavy atom. The van der Waals surface area contributed by atoms with Gasteiger partial charge in [0.2, 0.25) is 0 Å². The molecule has 0 aliphatic carbocycles. The van der Waals surface area contributed by atoms with E-state index in [1.807, 2.05) is 25.9 Å². The van der Waals surface area contributed by atoms with Gasteiger partial charge in [-0.3, -0.25) is 4.79 Å². The van der Waals surface area contributed by atoms with E-state index in [1.54, 1.807) is 11.4 Å². The molecule has 0 fully saturated rings. The first kappa shape index (κ1) is 15.4. The summed E-state index contributed by atoms with van der Waals surface area (Å²) in [6, 6.07) is 1.94. The van der Waals surface area contributed by atoms with E-state index < -0.39 is 5.97 Å². The number of amides is 1. The van der Waals surface area contributed by atoms with Crippen molar-refractivity contribution in [2.24, 2.45) is 0 Å². The summed E-state index contributed by atoms with van der Waals surface area (Å²) in [5.74, 6) is -1.14. The van der Waals surface area contributed by atoms with Crippen LogP contribution in [0.1, 0.15) is 22.2 Å². The smallest absolute Gasteiger partial charge is 0.328 e. The van der Waals surface area contributed by atoms with Crippen LogP contribution in [-0.2, 0) is 4.79 Å². The van der Waals surface area contributed by atoms with Crippen molar-refractivity contribution in [3.8, 4) is 0 Å². The van der Waals surface area contributed by atoms with Crippen molar-refractivity contribution in [1.29, 1.82) is 0 Å². The Balaban J connectivity index is 2.56. The lowest BCUT2D eigenvalue weighted by Crippen LogP contribution is -2.38. The van der Waals surface area contributed by atoms with Crippen LogP contribution in [0.25, 0.3) is 6.08 Å². The fourth-order valence-corrected chi connectivity index (χ4v) is 2.02. The second-order valence-corrected chi connectivity index (χ2v) is 5.37. The van der Waals surface area contributed by atoms with Gasteiger partial charge >= 0.3 is 5.97 Å². The van der Waals surface area contributed by atoms with Crippen LogP contribution in [0, 0.1) is 0 Å². The summed E-state index contributed by atoms with van der Waals surface area (Å²) in [5.41, 5.74) is 0.556. The summed E-state index contributed by atoms with van der Waals surface area (Å²) in [5, 5.41) is 13.1. The molecule has 1 atom stereocenters. The molecule has 0 radical (unpaired) electrons. The van der Waals surface area contributed by atoms with Crippen molar-refractivity contribution < 1.29 is 14.7 Å². The molecule has 0 saturated heterocycles. The molecule has 1 aromatic rings. The van der Waals surface area contributed by atoms with Crippen LogP contribution in [0.15, 0.2) is 17.5 Å². The molecular weight excluding hydrogens is 264 g/mol. The van der Waals surface area contributed by atoms with Crippen LogP contribution < -0.4 is 5.32 Å². The minimum absolute atomic E-state index is 0.139. The van der Waals surface area contributed by atoms with E-state index in [0.29, 0.717) is 12.1 Å². The monoisotopic (exact) mass is 282 g/mol. The number of carboxylic acid groups (broad SMARTS) is 1. The third kappa shape index (κ3) is 5.23. The Bertz CT molecular complexity index is 480. The molecule has 0 spiro atoms. The molecule has 0 aromatic carbocycles. The Labute approximate surface area is 116 Å². The van der Waals surface area contributed by atoms with Gasteiger partial charge in [-0.1, -0.05) is 0 Å². The van der Waals surface area contributed by atoms with E-state index in [9.17, 15) is 9.59 Å². The minimum atomic E-state index is -1.00. The number of hydrogen-bond donors (Lipinski definition) is 2. The van der Waals surface area contributed by atoms with Crippen LogP contribution in [0.5, 0.6) is 0 Å². The number of thiophene rings is 1. The molecule has 1 heterocycles. The van der Waals surface area contributed by atoms with Gasteiger partial charge in [0.1, 0.15) is 0 Å². The molecule has 0 aliphatic rings. The van der Waals surface area contributed by atoms with Gasteiger partial charge in [0.05, 0.1) is 5.56 Å². The van der Waals surface area contributed by atoms with Crippen LogP contribution in [0.3, 0.4) is 0 Å². The number of carbonyl (C=O) groups excluding carboxylic acids is 1. The first-order valence-corrected chi connectivity index (χ1v) is 6.72. The van der Waals surface area contributed by atoms with Crippen LogP contribution in [0.4, 0.5) is 0 Å². The first-order valence-electron chi connectivity index (χ1n) is 5.84. The van der Waals surface area contributed by atoms with Gasteiger partial charge in [0.15, 0.2) is 0 Å². The van der Waals surface area contributed by atoms with Gasteiger partial charge in [0, 0.05) is 28.9 Å².